The molecule has 3 amide bonds. The molecule has 1 unspecified atom stereocenters. The number of nitrogens with zero attached hydrogens (tertiary/aromatic N) is 2. The molecule has 1 heterocycles. The Morgan fingerprint density at radius 2 is 1.57 bits per heavy atom. The fourth-order valence-electron chi connectivity index (χ4n) is 5.14. The highest BCUT2D eigenvalue weighted by atomic mass is 35.5. The van der Waals surface area contributed by atoms with Crippen LogP contribution in [-0.4, -0.2) is 28.1 Å². The van der Waals surface area contributed by atoms with Gasteiger partial charge in [-0.3, -0.25) is 19.3 Å². The van der Waals surface area contributed by atoms with Gasteiger partial charge < -0.3 is 16.4 Å². The quantitative estimate of drug-likeness (QED) is 0.213. The van der Waals surface area contributed by atoms with Crippen LogP contribution in [0.2, 0.25) is 5.02 Å². The van der Waals surface area contributed by atoms with Gasteiger partial charge in [-0.05, 0) is 59.8 Å². The summed E-state index contributed by atoms with van der Waals surface area (Å²) in [4.78, 5) is 42.8. The van der Waals surface area contributed by atoms with Gasteiger partial charge in [0.05, 0.1) is 5.69 Å². The number of para-hydroxylation sites is 1. The largest absolute Gasteiger partial charge is 0.395 e. The molecule has 0 saturated heterocycles. The number of benzene rings is 3. The third-order valence-electron chi connectivity index (χ3n) is 7.33. The maximum absolute atomic E-state index is 14.3. The predicted molar refractivity (Wildman–Crippen MR) is 167 cm³/mol. The molecular weight excluding hydrogens is 570 g/mol. The molecule has 4 N–H and O–H groups in total. The maximum atomic E-state index is 14.3. The fourth-order valence-corrected chi connectivity index (χ4v) is 6.00. The van der Waals surface area contributed by atoms with Crippen LogP contribution in [0.15, 0.2) is 84.9 Å². The standard InChI is InChI=1S/C32H32ClN5O3S/c33-23-18-16-22(17-19-23)28(31(40)35-20-21-10-4-1-5-11-21)38(25-14-8-3-9-15-25)32(41)29-26(34)27(37-42-29)30(39)36-24-12-6-2-7-13-24/h1,3-5,8-11,14-19,24,28H,2,6-7,12-13,20,34H2,(H,35,40)(H,36,39). The Balaban J connectivity index is 1.50. The summed E-state index contributed by atoms with van der Waals surface area (Å²) < 4.78 is 4.28. The molecule has 0 radical (unpaired) electrons. The molecule has 216 valence electrons. The average Bonchev–Trinajstić information content (AvgIpc) is 3.41. The summed E-state index contributed by atoms with van der Waals surface area (Å²) in [6.45, 7) is 0.273. The molecule has 0 aliphatic heterocycles. The number of amides is 3. The second-order valence-electron chi connectivity index (χ2n) is 10.3. The number of rotatable bonds is 9. The molecule has 1 aliphatic rings. The third-order valence-corrected chi connectivity index (χ3v) is 8.44. The molecule has 3 aromatic carbocycles. The molecule has 10 heteroatoms. The van der Waals surface area contributed by atoms with Crippen LogP contribution < -0.4 is 21.3 Å². The Hall–Kier alpha value is -4.21. The van der Waals surface area contributed by atoms with Crippen molar-refractivity contribution >= 4 is 52.2 Å². The summed E-state index contributed by atoms with van der Waals surface area (Å²) in [6, 6.07) is 24.2. The number of aromatic nitrogens is 1. The van der Waals surface area contributed by atoms with Crippen LogP contribution in [0.1, 0.15) is 69.4 Å². The molecular formula is C32H32ClN5O3S. The Bertz CT molecular complexity index is 1520. The SMILES string of the molecule is Nc1c(C(=O)NC2CCCCC2)nsc1C(=O)N(c1ccccc1)C(C(=O)NCc1ccccc1)c1ccc(Cl)cc1. The highest BCUT2D eigenvalue weighted by Crippen LogP contribution is 2.34. The number of anilines is 2. The highest BCUT2D eigenvalue weighted by molar-refractivity contribution is 7.09. The second kappa shape index (κ2) is 13.6. The van der Waals surface area contributed by atoms with Crippen molar-refractivity contribution in [2.24, 2.45) is 0 Å². The van der Waals surface area contributed by atoms with Gasteiger partial charge in [-0.1, -0.05) is 91.5 Å². The minimum Gasteiger partial charge on any atom is -0.395 e. The lowest BCUT2D eigenvalue weighted by atomic mass is 9.95. The van der Waals surface area contributed by atoms with Crippen molar-refractivity contribution in [3.05, 3.63) is 112 Å². The lowest BCUT2D eigenvalue weighted by molar-refractivity contribution is -0.122. The summed E-state index contributed by atoms with van der Waals surface area (Å²) in [5, 5.41) is 6.50. The van der Waals surface area contributed by atoms with Gasteiger partial charge in [-0.15, -0.1) is 0 Å². The molecule has 1 aliphatic carbocycles. The monoisotopic (exact) mass is 601 g/mol. The number of nitrogen functional groups attached to an aromatic ring is 1. The summed E-state index contributed by atoms with van der Waals surface area (Å²) >= 11 is 7.03. The summed E-state index contributed by atoms with van der Waals surface area (Å²) in [5.41, 5.74) is 8.40. The minimum atomic E-state index is -1.07. The Morgan fingerprint density at radius 3 is 2.24 bits per heavy atom. The predicted octanol–water partition coefficient (Wildman–Crippen LogP) is 6.15. The van der Waals surface area contributed by atoms with E-state index in [0.717, 1.165) is 49.2 Å². The first kappa shape index (κ1) is 29.3. The molecule has 1 fully saturated rings. The zero-order valence-corrected chi connectivity index (χ0v) is 24.5. The van der Waals surface area contributed by atoms with Crippen molar-refractivity contribution in [2.45, 2.75) is 50.7 Å². The second-order valence-corrected chi connectivity index (χ2v) is 11.5. The van der Waals surface area contributed by atoms with Gasteiger partial charge in [0.1, 0.15) is 10.9 Å². The van der Waals surface area contributed by atoms with Crippen LogP contribution in [0.3, 0.4) is 0 Å². The molecule has 4 aromatic rings. The topological polar surface area (TPSA) is 117 Å². The van der Waals surface area contributed by atoms with Crippen molar-refractivity contribution in [3.8, 4) is 0 Å². The number of hydrogen-bond donors (Lipinski definition) is 3. The van der Waals surface area contributed by atoms with E-state index in [4.69, 9.17) is 17.3 Å². The van der Waals surface area contributed by atoms with Gasteiger partial charge in [-0.25, -0.2) is 0 Å². The van der Waals surface area contributed by atoms with Crippen molar-refractivity contribution in [2.75, 3.05) is 10.6 Å². The normalized spacial score (nSPS) is 14.1. The zero-order valence-electron chi connectivity index (χ0n) is 23.0. The van der Waals surface area contributed by atoms with Crippen LogP contribution in [0, 0.1) is 0 Å². The summed E-state index contributed by atoms with van der Waals surface area (Å²) in [5.74, 6) is -1.32. The number of halogens is 1. The van der Waals surface area contributed by atoms with Crippen LogP contribution in [-0.2, 0) is 11.3 Å². The smallest absolute Gasteiger partial charge is 0.273 e. The van der Waals surface area contributed by atoms with E-state index in [0.29, 0.717) is 16.3 Å². The Labute approximate surface area is 254 Å². The van der Waals surface area contributed by atoms with Gasteiger partial charge in [-0.2, -0.15) is 4.37 Å². The van der Waals surface area contributed by atoms with Crippen molar-refractivity contribution in [3.63, 3.8) is 0 Å². The van der Waals surface area contributed by atoms with Crippen molar-refractivity contribution in [1.82, 2.24) is 15.0 Å². The lowest BCUT2D eigenvalue weighted by Gasteiger charge is -2.31. The molecule has 0 bridgehead atoms. The van der Waals surface area contributed by atoms with Crippen LogP contribution in [0.25, 0.3) is 0 Å². The number of carbonyl (C=O) groups excluding carboxylic acids is 3. The van der Waals surface area contributed by atoms with E-state index in [1.807, 2.05) is 36.4 Å². The Kier molecular flexibility index (Phi) is 9.51. The molecule has 1 atom stereocenters. The molecule has 8 nitrogen and oxygen atoms in total. The lowest BCUT2D eigenvalue weighted by Crippen LogP contribution is -2.44. The average molecular weight is 602 g/mol. The minimum absolute atomic E-state index is 0.00112. The fraction of sp³-hybridized carbons (Fsp3) is 0.250. The van der Waals surface area contributed by atoms with Crippen LogP contribution in [0.4, 0.5) is 11.4 Å². The van der Waals surface area contributed by atoms with Gasteiger partial charge >= 0.3 is 0 Å². The maximum Gasteiger partial charge on any atom is 0.273 e. The van der Waals surface area contributed by atoms with Gasteiger partial charge in [0.2, 0.25) is 5.91 Å². The molecule has 5 rings (SSSR count). The van der Waals surface area contributed by atoms with E-state index in [9.17, 15) is 14.4 Å². The van der Waals surface area contributed by atoms with E-state index in [2.05, 4.69) is 15.0 Å². The zero-order chi connectivity index (χ0) is 29.5. The number of nitrogens with one attached hydrogen (secondary N) is 2. The van der Waals surface area contributed by atoms with Crippen molar-refractivity contribution < 1.29 is 14.4 Å². The van der Waals surface area contributed by atoms with Crippen LogP contribution >= 0.6 is 23.1 Å². The van der Waals surface area contributed by atoms with Gasteiger partial charge in [0, 0.05) is 23.3 Å². The first-order chi connectivity index (χ1) is 20.4. The van der Waals surface area contributed by atoms with E-state index in [1.165, 1.54) is 4.90 Å². The molecule has 1 saturated carbocycles. The van der Waals surface area contributed by atoms with Crippen LogP contribution in [0.5, 0.6) is 0 Å². The molecule has 1 aromatic heterocycles. The van der Waals surface area contributed by atoms with E-state index in [-0.39, 0.29) is 28.8 Å². The summed E-state index contributed by atoms with van der Waals surface area (Å²) in [7, 11) is 0. The van der Waals surface area contributed by atoms with E-state index < -0.39 is 23.8 Å². The first-order valence-corrected chi connectivity index (χ1v) is 15.1. The first-order valence-electron chi connectivity index (χ1n) is 13.9. The summed E-state index contributed by atoms with van der Waals surface area (Å²) in [6.07, 6.45) is 5.10. The van der Waals surface area contributed by atoms with E-state index in [1.54, 1.807) is 48.5 Å². The number of carbonyl (C=O) groups is 3. The highest BCUT2D eigenvalue weighted by Gasteiger charge is 2.36. The molecule has 0 spiro atoms. The van der Waals surface area contributed by atoms with Gasteiger partial charge in [0.25, 0.3) is 11.8 Å². The number of hydrogen-bond acceptors (Lipinski definition) is 6. The number of nitrogens with two attached hydrogens (primary N) is 1. The Morgan fingerprint density at radius 1 is 0.929 bits per heavy atom. The molecule has 42 heavy (non-hydrogen) atoms. The van der Waals surface area contributed by atoms with Gasteiger partial charge in [0.15, 0.2) is 5.69 Å². The third kappa shape index (κ3) is 6.80. The van der Waals surface area contributed by atoms with Crippen molar-refractivity contribution in [1.29, 1.82) is 0 Å². The van der Waals surface area contributed by atoms with E-state index >= 15 is 0 Å².